The van der Waals surface area contributed by atoms with Crippen molar-refractivity contribution in [2.24, 2.45) is 11.8 Å². The summed E-state index contributed by atoms with van der Waals surface area (Å²) in [7, 11) is -1.26. The molecule has 116 valence electrons. The molecule has 4 nitrogen and oxygen atoms in total. The molecule has 0 amide bonds. The van der Waals surface area contributed by atoms with E-state index in [1.807, 2.05) is 6.07 Å². The molecule has 0 radical (unpaired) electrons. The fourth-order valence-electron chi connectivity index (χ4n) is 3.84. The number of hydrogen-bond acceptors (Lipinski definition) is 3. The number of sulfonamides is 1. The third kappa shape index (κ3) is 3.30. The lowest BCUT2D eigenvalue weighted by molar-refractivity contribution is 0.0833. The average Bonchev–Trinajstić information content (AvgIpc) is 2.48. The number of likely N-dealkylation sites (tertiary alicyclic amines) is 1. The molecule has 0 aromatic heterocycles. The van der Waals surface area contributed by atoms with E-state index in [0.29, 0.717) is 16.7 Å². The zero-order valence-corrected chi connectivity index (χ0v) is 13.3. The van der Waals surface area contributed by atoms with Crippen LogP contribution in [0.15, 0.2) is 35.2 Å². The van der Waals surface area contributed by atoms with Crippen molar-refractivity contribution in [2.45, 2.75) is 36.6 Å². The monoisotopic (exact) mass is 308 g/mol. The molecule has 1 aromatic carbocycles. The van der Waals surface area contributed by atoms with Gasteiger partial charge in [-0.1, -0.05) is 24.6 Å². The van der Waals surface area contributed by atoms with Gasteiger partial charge >= 0.3 is 0 Å². The van der Waals surface area contributed by atoms with Crippen LogP contribution in [-0.4, -0.2) is 39.5 Å². The van der Waals surface area contributed by atoms with E-state index in [2.05, 4.69) is 16.7 Å². The van der Waals surface area contributed by atoms with Crippen molar-refractivity contribution in [3.63, 3.8) is 0 Å². The second-order valence-corrected chi connectivity index (χ2v) is 8.16. The van der Waals surface area contributed by atoms with Gasteiger partial charge in [-0.15, -0.1) is 0 Å². The fourth-order valence-corrected chi connectivity index (χ4v) is 5.18. The molecular formula is C16H24N2O2S. The Hall–Kier alpha value is -0.910. The quantitative estimate of drug-likeness (QED) is 0.930. The summed E-state index contributed by atoms with van der Waals surface area (Å²) in [5.41, 5.74) is 0. The van der Waals surface area contributed by atoms with Crippen molar-refractivity contribution in [3.8, 4) is 0 Å². The van der Waals surface area contributed by atoms with Gasteiger partial charge < -0.3 is 4.90 Å². The molecule has 1 aliphatic carbocycles. The van der Waals surface area contributed by atoms with Crippen LogP contribution in [0.25, 0.3) is 0 Å². The highest BCUT2D eigenvalue weighted by atomic mass is 32.2. The predicted molar refractivity (Wildman–Crippen MR) is 83.5 cm³/mol. The standard InChI is InChI=1S/C16H24N2O2S/c1-18-11-10-13-6-5-9-16(15(13)12-18)17-21(19,20)14-7-3-2-4-8-14/h2-4,7-8,13,15-17H,5-6,9-12H2,1H3/t13-,15+,16?/m1/s1. The van der Waals surface area contributed by atoms with Crippen molar-refractivity contribution in [2.75, 3.05) is 20.1 Å². The van der Waals surface area contributed by atoms with Gasteiger partial charge in [-0.2, -0.15) is 0 Å². The summed E-state index contributed by atoms with van der Waals surface area (Å²) in [4.78, 5) is 2.70. The van der Waals surface area contributed by atoms with E-state index in [4.69, 9.17) is 0 Å². The number of benzene rings is 1. The molecule has 1 heterocycles. The Morgan fingerprint density at radius 1 is 1.14 bits per heavy atom. The summed E-state index contributed by atoms with van der Waals surface area (Å²) in [6.07, 6.45) is 4.54. The molecule has 0 bridgehead atoms. The highest BCUT2D eigenvalue weighted by Crippen LogP contribution is 2.36. The average molecular weight is 308 g/mol. The summed E-state index contributed by atoms with van der Waals surface area (Å²) in [5, 5.41) is 0. The summed E-state index contributed by atoms with van der Waals surface area (Å²) >= 11 is 0. The van der Waals surface area contributed by atoms with Crippen LogP contribution in [0, 0.1) is 11.8 Å². The second kappa shape index (κ2) is 6.07. The van der Waals surface area contributed by atoms with Crippen LogP contribution in [0.1, 0.15) is 25.7 Å². The van der Waals surface area contributed by atoms with E-state index >= 15 is 0 Å². The molecule has 5 heteroatoms. The molecule has 1 N–H and O–H groups in total. The first-order chi connectivity index (χ1) is 10.1. The van der Waals surface area contributed by atoms with Crippen molar-refractivity contribution < 1.29 is 8.42 Å². The molecule has 2 fully saturated rings. The first-order valence-electron chi connectivity index (χ1n) is 7.82. The first kappa shape index (κ1) is 15.0. The number of hydrogen-bond donors (Lipinski definition) is 1. The number of piperidine rings is 1. The lowest BCUT2D eigenvalue weighted by Crippen LogP contribution is -2.52. The zero-order chi connectivity index (χ0) is 14.9. The van der Waals surface area contributed by atoms with Gasteiger partial charge in [0.05, 0.1) is 4.90 Å². The lowest BCUT2D eigenvalue weighted by Gasteiger charge is -2.44. The molecular weight excluding hydrogens is 284 g/mol. The van der Waals surface area contributed by atoms with Gasteiger partial charge in [0.1, 0.15) is 0 Å². The van der Waals surface area contributed by atoms with E-state index in [9.17, 15) is 8.42 Å². The van der Waals surface area contributed by atoms with Gasteiger partial charge in [0, 0.05) is 12.6 Å². The molecule has 1 aliphatic heterocycles. The van der Waals surface area contributed by atoms with Crippen LogP contribution in [0.4, 0.5) is 0 Å². The minimum absolute atomic E-state index is 0.0803. The SMILES string of the molecule is CN1CC[C@H]2CCCC(NS(=O)(=O)c3ccccc3)[C@H]2C1. The largest absolute Gasteiger partial charge is 0.306 e. The third-order valence-corrected chi connectivity index (χ3v) is 6.48. The molecule has 0 spiro atoms. The summed E-state index contributed by atoms with van der Waals surface area (Å²) in [6.45, 7) is 2.14. The van der Waals surface area contributed by atoms with Gasteiger partial charge in [0.25, 0.3) is 0 Å². The van der Waals surface area contributed by atoms with E-state index in [-0.39, 0.29) is 6.04 Å². The molecule has 1 saturated heterocycles. The van der Waals surface area contributed by atoms with Gasteiger partial charge in [0.15, 0.2) is 0 Å². The summed E-state index contributed by atoms with van der Waals surface area (Å²) < 4.78 is 28.0. The number of nitrogens with zero attached hydrogens (tertiary/aromatic N) is 1. The minimum atomic E-state index is -3.40. The normalized spacial score (nSPS) is 30.8. The smallest absolute Gasteiger partial charge is 0.240 e. The van der Waals surface area contributed by atoms with Crippen LogP contribution in [-0.2, 0) is 10.0 Å². The van der Waals surface area contributed by atoms with Crippen LogP contribution in [0.3, 0.4) is 0 Å². The fraction of sp³-hybridized carbons (Fsp3) is 0.625. The molecule has 21 heavy (non-hydrogen) atoms. The molecule has 1 aromatic rings. The van der Waals surface area contributed by atoms with Gasteiger partial charge in [-0.25, -0.2) is 13.1 Å². The maximum atomic E-state index is 12.5. The summed E-state index contributed by atoms with van der Waals surface area (Å²) in [6, 6.07) is 8.78. The Balaban J connectivity index is 1.77. The highest BCUT2D eigenvalue weighted by molar-refractivity contribution is 7.89. The first-order valence-corrected chi connectivity index (χ1v) is 9.30. The van der Waals surface area contributed by atoms with Crippen molar-refractivity contribution in [1.29, 1.82) is 0 Å². The molecule has 2 aliphatic rings. The number of fused-ring (bicyclic) bond motifs is 1. The highest BCUT2D eigenvalue weighted by Gasteiger charge is 2.38. The van der Waals surface area contributed by atoms with Crippen molar-refractivity contribution in [1.82, 2.24) is 9.62 Å². The maximum Gasteiger partial charge on any atom is 0.240 e. The van der Waals surface area contributed by atoms with Crippen LogP contribution < -0.4 is 4.72 Å². The zero-order valence-electron chi connectivity index (χ0n) is 12.5. The Kier molecular flexibility index (Phi) is 4.33. The number of nitrogens with one attached hydrogen (secondary N) is 1. The molecule has 3 atom stereocenters. The van der Waals surface area contributed by atoms with E-state index in [1.54, 1.807) is 24.3 Å². The van der Waals surface area contributed by atoms with E-state index in [1.165, 1.54) is 12.8 Å². The Morgan fingerprint density at radius 3 is 2.67 bits per heavy atom. The lowest BCUT2D eigenvalue weighted by atomic mass is 9.72. The van der Waals surface area contributed by atoms with Gasteiger partial charge in [-0.05, 0) is 56.8 Å². The van der Waals surface area contributed by atoms with Crippen LogP contribution in [0.5, 0.6) is 0 Å². The minimum Gasteiger partial charge on any atom is -0.306 e. The topological polar surface area (TPSA) is 49.4 Å². The Bertz CT molecular complexity index is 573. The maximum absolute atomic E-state index is 12.5. The van der Waals surface area contributed by atoms with Crippen LogP contribution >= 0.6 is 0 Å². The van der Waals surface area contributed by atoms with E-state index in [0.717, 1.165) is 25.9 Å². The Labute approximate surface area is 127 Å². The van der Waals surface area contributed by atoms with E-state index < -0.39 is 10.0 Å². The van der Waals surface area contributed by atoms with Gasteiger partial charge in [0.2, 0.25) is 10.0 Å². The van der Waals surface area contributed by atoms with Crippen molar-refractivity contribution >= 4 is 10.0 Å². The number of rotatable bonds is 3. The van der Waals surface area contributed by atoms with Crippen LogP contribution in [0.2, 0.25) is 0 Å². The second-order valence-electron chi connectivity index (χ2n) is 6.45. The summed E-state index contributed by atoms with van der Waals surface area (Å²) in [5.74, 6) is 1.13. The molecule has 1 unspecified atom stereocenters. The molecule has 1 saturated carbocycles. The Morgan fingerprint density at radius 2 is 1.90 bits per heavy atom. The predicted octanol–water partition coefficient (Wildman–Crippen LogP) is 2.09. The molecule has 3 rings (SSSR count). The third-order valence-electron chi connectivity index (χ3n) is 4.98. The van der Waals surface area contributed by atoms with Crippen molar-refractivity contribution in [3.05, 3.63) is 30.3 Å². The van der Waals surface area contributed by atoms with Gasteiger partial charge in [-0.3, -0.25) is 0 Å².